The molecule has 2 aromatic carbocycles. The summed E-state index contributed by atoms with van der Waals surface area (Å²) < 4.78 is 28.2. The van der Waals surface area contributed by atoms with Crippen LogP contribution in [0.4, 0.5) is 5.69 Å². The lowest BCUT2D eigenvalue weighted by Crippen LogP contribution is -2.50. The van der Waals surface area contributed by atoms with Crippen LogP contribution < -0.4 is 10.2 Å². The van der Waals surface area contributed by atoms with E-state index < -0.39 is 10.0 Å². The van der Waals surface area contributed by atoms with E-state index in [9.17, 15) is 18.0 Å². The van der Waals surface area contributed by atoms with Gasteiger partial charge in [0.25, 0.3) is 0 Å². The zero-order chi connectivity index (χ0) is 22.6. The molecule has 1 N–H and O–H groups in total. The van der Waals surface area contributed by atoms with Gasteiger partial charge in [0.1, 0.15) is 0 Å². The molecule has 1 saturated heterocycles. The highest BCUT2D eigenvalue weighted by Gasteiger charge is 2.31. The molecule has 2 amide bonds. The number of amides is 2. The fraction of sp³-hybridized carbons (Fsp3) is 0.364. The Hall–Kier alpha value is -2.91. The molecule has 2 aromatic rings. The number of hydrogen-bond donors (Lipinski definition) is 1. The van der Waals surface area contributed by atoms with Gasteiger partial charge in [0.2, 0.25) is 21.8 Å². The number of piperazine rings is 1. The number of rotatable bonds is 7. The van der Waals surface area contributed by atoms with Crippen LogP contribution in [0.2, 0.25) is 0 Å². The van der Waals surface area contributed by atoms with Crippen LogP contribution in [0.5, 0.6) is 0 Å². The number of hydrogen-bond acceptors (Lipinski definition) is 5. The largest absolute Gasteiger partial charge is 0.377 e. The van der Waals surface area contributed by atoms with E-state index in [1.54, 1.807) is 17.0 Å². The summed E-state index contributed by atoms with van der Waals surface area (Å²) in [6, 6.07) is 11.0. The zero-order valence-electron chi connectivity index (χ0n) is 17.9. The Kier molecular flexibility index (Phi) is 6.97. The molecule has 3 rings (SSSR count). The number of benzene rings is 2. The lowest BCUT2D eigenvalue weighted by atomic mass is 10.1. The van der Waals surface area contributed by atoms with E-state index in [0.29, 0.717) is 18.5 Å². The number of anilines is 1. The minimum Gasteiger partial charge on any atom is -0.377 e. The van der Waals surface area contributed by atoms with Crippen molar-refractivity contribution in [3.8, 4) is 0 Å². The summed E-state index contributed by atoms with van der Waals surface area (Å²) in [5, 5.41) is 4.14. The number of carbonyl (C=O) groups is 2. The molecule has 0 spiro atoms. The van der Waals surface area contributed by atoms with Crippen LogP contribution in [0.15, 0.2) is 53.9 Å². The van der Waals surface area contributed by atoms with E-state index in [-0.39, 0.29) is 42.8 Å². The van der Waals surface area contributed by atoms with Crippen LogP contribution in [-0.2, 0) is 19.6 Å². The summed E-state index contributed by atoms with van der Waals surface area (Å²) >= 11 is 0. The fourth-order valence-electron chi connectivity index (χ4n) is 3.72. The summed E-state index contributed by atoms with van der Waals surface area (Å²) in [5.74, 6) is -0.432. The molecule has 0 atom stereocenters. The summed E-state index contributed by atoms with van der Waals surface area (Å²) in [4.78, 5) is 27.4. The third-order valence-electron chi connectivity index (χ3n) is 5.37. The molecule has 1 aliphatic heterocycles. The third kappa shape index (κ3) is 4.88. The quantitative estimate of drug-likeness (QED) is 0.653. The van der Waals surface area contributed by atoms with Crippen molar-refractivity contribution in [2.75, 3.05) is 51.7 Å². The maximum Gasteiger partial charge on any atom is 0.243 e. The molecule has 0 unspecified atom stereocenters. The summed E-state index contributed by atoms with van der Waals surface area (Å²) in [5.41, 5.74) is 0.952. The molecular formula is C22H28N4O4S. The van der Waals surface area contributed by atoms with Crippen LogP contribution >= 0.6 is 0 Å². The highest BCUT2D eigenvalue weighted by Crippen LogP contribution is 2.31. The smallest absolute Gasteiger partial charge is 0.243 e. The predicted octanol–water partition coefficient (Wildman–Crippen LogP) is 1.43. The zero-order valence-corrected chi connectivity index (χ0v) is 18.7. The number of nitrogens with zero attached hydrogens (tertiary/aromatic N) is 3. The molecule has 166 valence electrons. The second-order valence-corrected chi connectivity index (χ2v) is 9.46. The molecule has 1 aliphatic rings. The van der Waals surface area contributed by atoms with Crippen molar-refractivity contribution in [2.24, 2.45) is 0 Å². The molecule has 9 heteroatoms. The monoisotopic (exact) mass is 444 g/mol. The number of sulfonamides is 1. The van der Waals surface area contributed by atoms with Gasteiger partial charge in [0.05, 0.1) is 4.90 Å². The van der Waals surface area contributed by atoms with Crippen LogP contribution in [0.25, 0.3) is 10.8 Å². The first kappa shape index (κ1) is 22.8. The second-order valence-electron chi connectivity index (χ2n) is 7.55. The van der Waals surface area contributed by atoms with Crippen molar-refractivity contribution >= 4 is 38.3 Å². The van der Waals surface area contributed by atoms with Crippen LogP contribution in [0.1, 0.15) is 6.42 Å². The SMILES string of the molecule is C=CC(=O)NCCC(=O)N1CCN(S(=O)(=O)c2cccc3c(N(C)C)cccc23)CC1. The van der Waals surface area contributed by atoms with E-state index in [0.717, 1.165) is 17.1 Å². The molecule has 1 heterocycles. The molecule has 31 heavy (non-hydrogen) atoms. The number of fused-ring (bicyclic) bond motifs is 1. The fourth-order valence-corrected chi connectivity index (χ4v) is 5.35. The van der Waals surface area contributed by atoms with E-state index >= 15 is 0 Å². The van der Waals surface area contributed by atoms with Gasteiger partial charge in [-0.3, -0.25) is 9.59 Å². The van der Waals surface area contributed by atoms with E-state index in [1.165, 1.54) is 4.31 Å². The van der Waals surface area contributed by atoms with Crippen LogP contribution in [0, 0.1) is 0 Å². The molecule has 0 saturated carbocycles. The average Bonchev–Trinajstić information content (AvgIpc) is 2.77. The van der Waals surface area contributed by atoms with Crippen LogP contribution in [0.3, 0.4) is 0 Å². The highest BCUT2D eigenvalue weighted by molar-refractivity contribution is 7.89. The van der Waals surface area contributed by atoms with Gasteiger partial charge in [-0.25, -0.2) is 8.42 Å². The average molecular weight is 445 g/mol. The first-order valence-electron chi connectivity index (χ1n) is 10.1. The summed E-state index contributed by atoms with van der Waals surface area (Å²) in [7, 11) is 0.148. The van der Waals surface area contributed by atoms with Gasteiger partial charge in [0, 0.05) is 69.7 Å². The Morgan fingerprint density at radius 3 is 2.35 bits per heavy atom. The standard InChI is InChI=1S/C22H28N4O4S/c1-4-21(27)23-12-11-22(28)25-13-15-26(16-14-25)31(29,30)20-10-6-7-17-18(20)8-5-9-19(17)24(2)3/h4-10H,1,11-16H2,2-3H3,(H,23,27). The molecule has 0 aromatic heterocycles. The number of carbonyl (C=O) groups excluding carboxylic acids is 2. The molecule has 0 bridgehead atoms. The summed E-state index contributed by atoms with van der Waals surface area (Å²) in [6.07, 6.45) is 1.33. The Morgan fingerprint density at radius 2 is 1.71 bits per heavy atom. The lowest BCUT2D eigenvalue weighted by molar-refractivity contribution is -0.132. The Bertz CT molecular complexity index is 1090. The normalized spacial score (nSPS) is 15.0. The van der Waals surface area contributed by atoms with Gasteiger partial charge in [0.15, 0.2) is 0 Å². The molecule has 1 fully saturated rings. The van der Waals surface area contributed by atoms with Crippen LogP contribution in [-0.4, -0.2) is 76.3 Å². The van der Waals surface area contributed by atoms with Gasteiger partial charge >= 0.3 is 0 Å². The van der Waals surface area contributed by atoms with Gasteiger partial charge in [-0.05, 0) is 18.2 Å². The third-order valence-corrected chi connectivity index (χ3v) is 7.33. The van der Waals surface area contributed by atoms with Gasteiger partial charge < -0.3 is 15.1 Å². The molecule has 0 aliphatic carbocycles. The van der Waals surface area contributed by atoms with Crippen molar-refractivity contribution in [1.82, 2.24) is 14.5 Å². The Labute approximate surface area is 183 Å². The molecule has 0 radical (unpaired) electrons. The first-order chi connectivity index (χ1) is 14.8. The number of nitrogens with one attached hydrogen (secondary N) is 1. The Balaban J connectivity index is 1.72. The highest BCUT2D eigenvalue weighted by atomic mass is 32.2. The lowest BCUT2D eigenvalue weighted by Gasteiger charge is -2.34. The topological polar surface area (TPSA) is 90.0 Å². The van der Waals surface area contributed by atoms with Gasteiger partial charge in [-0.15, -0.1) is 0 Å². The first-order valence-corrected chi connectivity index (χ1v) is 11.6. The Morgan fingerprint density at radius 1 is 1.06 bits per heavy atom. The molecule has 8 nitrogen and oxygen atoms in total. The second kappa shape index (κ2) is 9.49. The predicted molar refractivity (Wildman–Crippen MR) is 121 cm³/mol. The van der Waals surface area contributed by atoms with Crippen molar-refractivity contribution in [3.63, 3.8) is 0 Å². The van der Waals surface area contributed by atoms with E-state index in [4.69, 9.17) is 0 Å². The minimum absolute atomic E-state index is 0.109. The van der Waals surface area contributed by atoms with Gasteiger partial charge in [-0.2, -0.15) is 4.31 Å². The maximum absolute atomic E-state index is 13.4. The molecular weight excluding hydrogens is 416 g/mol. The van der Waals surface area contributed by atoms with Crippen molar-refractivity contribution in [1.29, 1.82) is 0 Å². The van der Waals surface area contributed by atoms with Crippen molar-refractivity contribution < 1.29 is 18.0 Å². The van der Waals surface area contributed by atoms with Crippen molar-refractivity contribution in [2.45, 2.75) is 11.3 Å². The van der Waals surface area contributed by atoms with E-state index in [2.05, 4.69) is 11.9 Å². The van der Waals surface area contributed by atoms with E-state index in [1.807, 2.05) is 43.3 Å². The summed E-state index contributed by atoms with van der Waals surface area (Å²) in [6.45, 7) is 4.70. The van der Waals surface area contributed by atoms with Gasteiger partial charge in [-0.1, -0.05) is 30.8 Å². The maximum atomic E-state index is 13.4. The minimum atomic E-state index is -3.70. The van der Waals surface area contributed by atoms with Crippen molar-refractivity contribution in [3.05, 3.63) is 49.1 Å².